The lowest BCUT2D eigenvalue weighted by molar-refractivity contribution is -0.121. The van der Waals surface area contributed by atoms with Crippen molar-refractivity contribution in [3.63, 3.8) is 0 Å². The smallest absolute Gasteiger partial charge is 0.242 e. The number of nitrogens with one attached hydrogen (secondary N) is 1. The average Bonchev–Trinajstić information content (AvgIpc) is 2.37. The Hall–Kier alpha value is -1.97. The summed E-state index contributed by atoms with van der Waals surface area (Å²) in [6, 6.07) is 7.43. The van der Waals surface area contributed by atoms with E-state index >= 15 is 0 Å². The van der Waals surface area contributed by atoms with Gasteiger partial charge in [0.15, 0.2) is 0 Å². The minimum Gasteiger partial charge on any atom is -0.495 e. The lowest BCUT2D eigenvalue weighted by Crippen LogP contribution is -2.47. The number of para-hydroxylation sites is 2. The maximum atomic E-state index is 11.6. The summed E-state index contributed by atoms with van der Waals surface area (Å²) in [5.74, 6) is 0.291. The molecule has 1 aromatic carbocycles. The van der Waals surface area contributed by atoms with Crippen LogP contribution in [0.5, 0.6) is 5.75 Å². The number of hydrogen-bond donors (Lipinski definition) is 2. The average molecular weight is 248 g/mol. The Morgan fingerprint density at radius 1 is 1.56 bits per heavy atom. The molecule has 0 saturated heterocycles. The van der Waals surface area contributed by atoms with Crippen LogP contribution in [0.25, 0.3) is 0 Å². The number of rotatable bonds is 7. The third-order valence-corrected chi connectivity index (χ3v) is 2.91. The highest BCUT2D eigenvalue weighted by atomic mass is 16.5. The van der Waals surface area contributed by atoms with Crippen molar-refractivity contribution in [2.75, 3.05) is 12.4 Å². The summed E-state index contributed by atoms with van der Waals surface area (Å²) in [4.78, 5) is 11.6. The predicted octanol–water partition coefficient (Wildman–Crippen LogP) is 2.32. The molecule has 98 valence electrons. The Labute approximate surface area is 108 Å². The molecule has 1 amide bonds. The van der Waals surface area contributed by atoms with E-state index in [0.29, 0.717) is 18.6 Å². The van der Waals surface area contributed by atoms with Crippen molar-refractivity contribution in [3.05, 3.63) is 36.9 Å². The van der Waals surface area contributed by atoms with Crippen LogP contribution in [-0.2, 0) is 4.79 Å². The minimum atomic E-state index is -0.817. The topological polar surface area (TPSA) is 64.3 Å². The Morgan fingerprint density at radius 2 is 2.22 bits per heavy atom. The van der Waals surface area contributed by atoms with Gasteiger partial charge < -0.3 is 15.8 Å². The molecule has 0 fully saturated rings. The molecule has 0 aliphatic rings. The first kappa shape index (κ1) is 14.1. The van der Waals surface area contributed by atoms with E-state index in [0.717, 1.165) is 5.69 Å². The van der Waals surface area contributed by atoms with Gasteiger partial charge in [-0.15, -0.1) is 6.58 Å². The van der Waals surface area contributed by atoms with E-state index in [4.69, 9.17) is 10.5 Å². The largest absolute Gasteiger partial charge is 0.495 e. The van der Waals surface area contributed by atoms with Gasteiger partial charge in [0, 0.05) is 0 Å². The second-order valence-electron chi connectivity index (χ2n) is 4.35. The summed E-state index contributed by atoms with van der Waals surface area (Å²) in [7, 11) is 1.59. The van der Waals surface area contributed by atoms with Gasteiger partial charge in [0.1, 0.15) is 11.3 Å². The summed E-state index contributed by atoms with van der Waals surface area (Å²) >= 11 is 0. The fourth-order valence-corrected chi connectivity index (χ4v) is 1.68. The van der Waals surface area contributed by atoms with Crippen LogP contribution in [-0.4, -0.2) is 18.6 Å². The Balaban J connectivity index is 2.95. The number of carbonyl (C=O) groups is 1. The number of carbonyl (C=O) groups excluding carboxylic acids is 1. The molecular weight excluding hydrogens is 228 g/mol. The van der Waals surface area contributed by atoms with Crippen LogP contribution in [0.1, 0.15) is 19.8 Å². The van der Waals surface area contributed by atoms with Crippen molar-refractivity contribution in [3.8, 4) is 5.75 Å². The van der Waals surface area contributed by atoms with Gasteiger partial charge in [-0.25, -0.2) is 0 Å². The van der Waals surface area contributed by atoms with E-state index in [1.165, 1.54) is 0 Å². The molecule has 0 radical (unpaired) electrons. The SMILES string of the molecule is C=CCCC(C)(Nc1ccccc1OC)C(N)=O. The lowest BCUT2D eigenvalue weighted by Gasteiger charge is -2.29. The molecule has 0 heterocycles. The summed E-state index contributed by atoms with van der Waals surface area (Å²) in [6.45, 7) is 5.44. The third-order valence-electron chi connectivity index (χ3n) is 2.91. The summed E-state index contributed by atoms with van der Waals surface area (Å²) in [6.07, 6.45) is 3.07. The number of hydrogen-bond acceptors (Lipinski definition) is 3. The highest BCUT2D eigenvalue weighted by Crippen LogP contribution is 2.28. The molecule has 1 unspecified atom stereocenters. The molecule has 0 aromatic heterocycles. The van der Waals surface area contributed by atoms with Crippen molar-refractivity contribution in [1.29, 1.82) is 0 Å². The van der Waals surface area contributed by atoms with Gasteiger partial charge in [0.2, 0.25) is 5.91 Å². The second-order valence-corrected chi connectivity index (χ2v) is 4.35. The number of nitrogens with two attached hydrogens (primary N) is 1. The number of ether oxygens (including phenoxy) is 1. The molecule has 0 aliphatic heterocycles. The number of anilines is 1. The normalized spacial score (nSPS) is 13.4. The zero-order valence-electron chi connectivity index (χ0n) is 10.9. The highest BCUT2D eigenvalue weighted by molar-refractivity contribution is 5.88. The standard InChI is InChI=1S/C14H20N2O2/c1-4-5-10-14(2,13(15)17)16-11-8-6-7-9-12(11)18-3/h4,6-9,16H,1,5,10H2,2-3H3,(H2,15,17). The van der Waals surface area contributed by atoms with Crippen LogP contribution >= 0.6 is 0 Å². The van der Waals surface area contributed by atoms with Gasteiger partial charge in [-0.05, 0) is 31.9 Å². The Bertz CT molecular complexity index is 432. The van der Waals surface area contributed by atoms with E-state index in [9.17, 15) is 4.79 Å². The first-order valence-corrected chi connectivity index (χ1v) is 5.85. The summed E-state index contributed by atoms with van der Waals surface area (Å²) < 4.78 is 5.24. The van der Waals surface area contributed by atoms with Crippen LogP contribution in [0.2, 0.25) is 0 Å². The first-order chi connectivity index (χ1) is 8.53. The van der Waals surface area contributed by atoms with Crippen LogP contribution in [0, 0.1) is 0 Å². The van der Waals surface area contributed by atoms with Crippen molar-refractivity contribution < 1.29 is 9.53 Å². The van der Waals surface area contributed by atoms with Crippen LogP contribution in [0.4, 0.5) is 5.69 Å². The molecule has 0 spiro atoms. The molecule has 18 heavy (non-hydrogen) atoms. The van der Waals surface area contributed by atoms with E-state index in [-0.39, 0.29) is 0 Å². The molecule has 3 N–H and O–H groups in total. The van der Waals surface area contributed by atoms with E-state index in [2.05, 4.69) is 11.9 Å². The maximum absolute atomic E-state index is 11.6. The van der Waals surface area contributed by atoms with Crippen LogP contribution in [0.3, 0.4) is 0 Å². The van der Waals surface area contributed by atoms with Crippen molar-refractivity contribution in [1.82, 2.24) is 0 Å². The molecule has 0 bridgehead atoms. The third kappa shape index (κ3) is 3.26. The minimum absolute atomic E-state index is 0.393. The lowest BCUT2D eigenvalue weighted by atomic mass is 9.94. The fraction of sp³-hybridized carbons (Fsp3) is 0.357. The Morgan fingerprint density at radius 3 is 2.78 bits per heavy atom. The maximum Gasteiger partial charge on any atom is 0.242 e. The number of allylic oxidation sites excluding steroid dienone is 1. The van der Waals surface area contributed by atoms with Gasteiger partial charge >= 0.3 is 0 Å². The Kier molecular flexibility index (Phi) is 4.77. The number of primary amides is 1. The van der Waals surface area contributed by atoms with Crippen molar-refractivity contribution in [2.45, 2.75) is 25.3 Å². The van der Waals surface area contributed by atoms with Gasteiger partial charge in [0.05, 0.1) is 12.8 Å². The molecule has 1 aromatic rings. The van der Waals surface area contributed by atoms with Gasteiger partial charge in [0.25, 0.3) is 0 Å². The molecular formula is C14H20N2O2. The summed E-state index contributed by atoms with van der Waals surface area (Å²) in [5, 5.41) is 3.16. The van der Waals surface area contributed by atoms with Gasteiger partial charge in [-0.3, -0.25) is 4.79 Å². The molecule has 4 nitrogen and oxygen atoms in total. The predicted molar refractivity (Wildman–Crippen MR) is 73.6 cm³/mol. The van der Waals surface area contributed by atoms with Crippen LogP contribution in [0.15, 0.2) is 36.9 Å². The quantitative estimate of drug-likeness (QED) is 0.728. The first-order valence-electron chi connectivity index (χ1n) is 5.85. The fourth-order valence-electron chi connectivity index (χ4n) is 1.68. The molecule has 0 aliphatic carbocycles. The van der Waals surface area contributed by atoms with Crippen molar-refractivity contribution >= 4 is 11.6 Å². The monoisotopic (exact) mass is 248 g/mol. The summed E-state index contributed by atoms with van der Waals surface area (Å²) in [5.41, 5.74) is 5.41. The highest BCUT2D eigenvalue weighted by Gasteiger charge is 2.30. The van der Waals surface area contributed by atoms with Crippen molar-refractivity contribution in [2.24, 2.45) is 5.73 Å². The molecule has 0 saturated carbocycles. The zero-order valence-corrected chi connectivity index (χ0v) is 10.9. The zero-order chi connectivity index (χ0) is 13.6. The number of benzene rings is 1. The van der Waals surface area contributed by atoms with Crippen LogP contribution < -0.4 is 15.8 Å². The van der Waals surface area contributed by atoms with Gasteiger partial charge in [-0.1, -0.05) is 18.2 Å². The van der Waals surface area contributed by atoms with E-state index in [1.807, 2.05) is 24.3 Å². The number of methoxy groups -OCH3 is 1. The van der Waals surface area contributed by atoms with E-state index in [1.54, 1.807) is 20.1 Å². The van der Waals surface area contributed by atoms with E-state index < -0.39 is 11.4 Å². The second kappa shape index (κ2) is 6.10. The molecule has 1 atom stereocenters. The number of amides is 1. The van der Waals surface area contributed by atoms with Gasteiger partial charge in [-0.2, -0.15) is 0 Å². The molecule has 4 heteroatoms. The molecule has 1 rings (SSSR count).